The largest absolute Gasteiger partial charge is 0.375 e. The molecule has 1 fully saturated rings. The quantitative estimate of drug-likeness (QED) is 0.745. The monoisotopic (exact) mass is 270 g/mol. The fourth-order valence-electron chi connectivity index (χ4n) is 3.10. The van der Waals surface area contributed by atoms with Gasteiger partial charge in [0, 0.05) is 6.42 Å². The van der Waals surface area contributed by atoms with E-state index in [0.29, 0.717) is 12.5 Å². The fourth-order valence-corrected chi connectivity index (χ4v) is 3.10. The molecule has 3 N–H and O–H groups in total. The van der Waals surface area contributed by atoms with Crippen LogP contribution in [0.4, 0.5) is 0 Å². The van der Waals surface area contributed by atoms with E-state index in [2.05, 4.69) is 12.2 Å². The van der Waals surface area contributed by atoms with Crippen LogP contribution in [0.25, 0.3) is 0 Å². The van der Waals surface area contributed by atoms with E-state index in [4.69, 9.17) is 10.5 Å². The third-order valence-corrected chi connectivity index (χ3v) is 4.12. The number of amides is 1. The Bertz CT molecular complexity index is 296. The van der Waals surface area contributed by atoms with Gasteiger partial charge in [0.2, 0.25) is 5.91 Å². The average Bonchev–Trinajstić information content (AvgIpc) is 2.28. The zero-order valence-electron chi connectivity index (χ0n) is 12.9. The Morgan fingerprint density at radius 3 is 2.74 bits per heavy atom. The maximum Gasteiger partial charge on any atom is 0.237 e. The van der Waals surface area contributed by atoms with Gasteiger partial charge in [0.15, 0.2) is 0 Å². The van der Waals surface area contributed by atoms with Gasteiger partial charge in [-0.05, 0) is 39.2 Å². The Hall–Kier alpha value is -0.610. The summed E-state index contributed by atoms with van der Waals surface area (Å²) >= 11 is 0. The molecule has 0 aromatic carbocycles. The van der Waals surface area contributed by atoms with Crippen molar-refractivity contribution in [2.45, 2.75) is 77.5 Å². The van der Waals surface area contributed by atoms with E-state index in [0.717, 1.165) is 25.3 Å². The molecular weight excluding hydrogens is 240 g/mol. The molecular formula is C15H30N2O2. The number of nitrogens with two attached hydrogens (primary N) is 1. The number of rotatable bonds is 7. The lowest BCUT2D eigenvalue weighted by molar-refractivity contribution is -0.126. The first-order chi connectivity index (χ1) is 8.87. The number of primary amides is 1. The Labute approximate surface area is 117 Å². The number of nitrogens with one attached hydrogen (secondary N) is 1. The van der Waals surface area contributed by atoms with Crippen molar-refractivity contribution in [2.24, 2.45) is 11.7 Å². The molecule has 0 saturated heterocycles. The number of hydrogen-bond acceptors (Lipinski definition) is 3. The molecule has 0 spiro atoms. The molecule has 0 heterocycles. The van der Waals surface area contributed by atoms with Crippen molar-refractivity contribution >= 4 is 5.91 Å². The predicted octanol–water partition coefficient (Wildman–Crippen LogP) is 2.21. The minimum atomic E-state index is -0.672. The van der Waals surface area contributed by atoms with Gasteiger partial charge >= 0.3 is 0 Å². The SMILES string of the molecule is CCNC(C)(CC(C)OC1CCCC(C)C1)C(N)=O. The molecule has 112 valence electrons. The van der Waals surface area contributed by atoms with Crippen LogP contribution in [0, 0.1) is 5.92 Å². The van der Waals surface area contributed by atoms with Gasteiger partial charge in [-0.3, -0.25) is 4.79 Å². The van der Waals surface area contributed by atoms with Crippen molar-refractivity contribution in [2.75, 3.05) is 6.54 Å². The molecule has 0 radical (unpaired) electrons. The van der Waals surface area contributed by atoms with Crippen LogP contribution in [-0.4, -0.2) is 30.2 Å². The number of carbonyl (C=O) groups excluding carboxylic acids is 1. The van der Waals surface area contributed by atoms with E-state index in [1.54, 1.807) is 0 Å². The highest BCUT2D eigenvalue weighted by Gasteiger charge is 2.33. The number of ether oxygens (including phenoxy) is 1. The zero-order chi connectivity index (χ0) is 14.5. The van der Waals surface area contributed by atoms with Gasteiger partial charge in [0.05, 0.1) is 17.7 Å². The first-order valence-corrected chi connectivity index (χ1v) is 7.57. The molecule has 4 atom stereocenters. The van der Waals surface area contributed by atoms with Crippen LogP contribution < -0.4 is 11.1 Å². The van der Waals surface area contributed by atoms with E-state index in [1.807, 2.05) is 20.8 Å². The van der Waals surface area contributed by atoms with E-state index in [1.165, 1.54) is 12.8 Å². The Morgan fingerprint density at radius 1 is 1.53 bits per heavy atom. The molecule has 4 unspecified atom stereocenters. The lowest BCUT2D eigenvalue weighted by Crippen LogP contribution is -2.55. The standard InChI is InChI=1S/C15H30N2O2/c1-5-17-15(4,14(16)18)10-12(3)19-13-8-6-7-11(2)9-13/h11-13,17H,5-10H2,1-4H3,(H2,16,18). The summed E-state index contributed by atoms with van der Waals surface area (Å²) < 4.78 is 6.11. The summed E-state index contributed by atoms with van der Waals surface area (Å²) in [5.41, 5.74) is 4.83. The summed E-state index contributed by atoms with van der Waals surface area (Å²) in [6, 6.07) is 0. The molecule has 1 rings (SSSR count). The van der Waals surface area contributed by atoms with Gasteiger partial charge in [-0.25, -0.2) is 0 Å². The van der Waals surface area contributed by atoms with Gasteiger partial charge in [0.25, 0.3) is 0 Å². The second kappa shape index (κ2) is 7.25. The highest BCUT2D eigenvalue weighted by Crippen LogP contribution is 2.27. The van der Waals surface area contributed by atoms with Crippen molar-refractivity contribution in [1.82, 2.24) is 5.32 Å². The molecule has 19 heavy (non-hydrogen) atoms. The molecule has 1 saturated carbocycles. The van der Waals surface area contributed by atoms with E-state index < -0.39 is 5.54 Å². The number of carbonyl (C=O) groups is 1. The first kappa shape index (κ1) is 16.4. The van der Waals surface area contributed by atoms with Crippen LogP contribution in [0.1, 0.15) is 59.8 Å². The minimum absolute atomic E-state index is 0.0480. The van der Waals surface area contributed by atoms with Crippen LogP contribution in [0.15, 0.2) is 0 Å². The zero-order valence-corrected chi connectivity index (χ0v) is 12.9. The summed E-state index contributed by atoms with van der Waals surface area (Å²) in [5, 5.41) is 3.18. The number of likely N-dealkylation sites (N-methyl/N-ethyl adjacent to an activating group) is 1. The molecule has 0 bridgehead atoms. The topological polar surface area (TPSA) is 64.3 Å². The third kappa shape index (κ3) is 5.11. The summed E-state index contributed by atoms with van der Waals surface area (Å²) in [6.07, 6.45) is 5.86. The van der Waals surface area contributed by atoms with Crippen LogP contribution in [0.2, 0.25) is 0 Å². The Kier molecular flexibility index (Phi) is 6.27. The first-order valence-electron chi connectivity index (χ1n) is 7.57. The molecule has 0 aliphatic heterocycles. The maximum atomic E-state index is 11.6. The van der Waals surface area contributed by atoms with Gasteiger partial charge < -0.3 is 15.8 Å². The van der Waals surface area contributed by atoms with Gasteiger partial charge in [-0.1, -0.05) is 26.7 Å². The summed E-state index contributed by atoms with van der Waals surface area (Å²) in [6.45, 7) is 8.90. The normalized spacial score (nSPS) is 28.6. The average molecular weight is 270 g/mol. The third-order valence-electron chi connectivity index (χ3n) is 4.12. The van der Waals surface area contributed by atoms with Crippen molar-refractivity contribution in [3.63, 3.8) is 0 Å². The van der Waals surface area contributed by atoms with Gasteiger partial charge in [-0.15, -0.1) is 0 Å². The Morgan fingerprint density at radius 2 is 2.21 bits per heavy atom. The molecule has 1 aliphatic carbocycles. The molecule has 1 aliphatic rings. The second-order valence-electron chi connectivity index (χ2n) is 6.27. The second-order valence-corrected chi connectivity index (χ2v) is 6.27. The molecule has 1 amide bonds. The lowest BCUT2D eigenvalue weighted by atomic mass is 9.88. The van der Waals surface area contributed by atoms with Crippen LogP contribution in [0.5, 0.6) is 0 Å². The van der Waals surface area contributed by atoms with E-state index >= 15 is 0 Å². The molecule has 0 aromatic rings. The van der Waals surface area contributed by atoms with Gasteiger partial charge in [0.1, 0.15) is 0 Å². The molecule has 4 heteroatoms. The number of hydrogen-bond donors (Lipinski definition) is 2. The van der Waals surface area contributed by atoms with Crippen molar-refractivity contribution < 1.29 is 9.53 Å². The van der Waals surface area contributed by atoms with Crippen molar-refractivity contribution in [3.8, 4) is 0 Å². The molecule has 0 aromatic heterocycles. The van der Waals surface area contributed by atoms with Crippen LogP contribution in [0.3, 0.4) is 0 Å². The fraction of sp³-hybridized carbons (Fsp3) is 0.933. The van der Waals surface area contributed by atoms with Gasteiger partial charge in [-0.2, -0.15) is 0 Å². The van der Waals surface area contributed by atoms with E-state index in [-0.39, 0.29) is 12.0 Å². The highest BCUT2D eigenvalue weighted by atomic mass is 16.5. The van der Waals surface area contributed by atoms with Crippen molar-refractivity contribution in [1.29, 1.82) is 0 Å². The predicted molar refractivity (Wildman–Crippen MR) is 77.9 cm³/mol. The molecule has 4 nitrogen and oxygen atoms in total. The maximum absolute atomic E-state index is 11.6. The lowest BCUT2D eigenvalue weighted by Gasteiger charge is -2.34. The van der Waals surface area contributed by atoms with E-state index in [9.17, 15) is 4.79 Å². The van der Waals surface area contributed by atoms with Crippen LogP contribution >= 0.6 is 0 Å². The Balaban J connectivity index is 2.48. The highest BCUT2D eigenvalue weighted by molar-refractivity contribution is 5.84. The summed E-state index contributed by atoms with van der Waals surface area (Å²) in [5.74, 6) is 0.448. The minimum Gasteiger partial charge on any atom is -0.375 e. The smallest absolute Gasteiger partial charge is 0.237 e. The summed E-state index contributed by atoms with van der Waals surface area (Å²) in [7, 11) is 0. The van der Waals surface area contributed by atoms with Crippen molar-refractivity contribution in [3.05, 3.63) is 0 Å². The summed E-state index contributed by atoms with van der Waals surface area (Å²) in [4.78, 5) is 11.6. The van der Waals surface area contributed by atoms with Crippen LogP contribution in [-0.2, 0) is 9.53 Å².